The predicted molar refractivity (Wildman–Crippen MR) is 83.7 cm³/mol. The lowest BCUT2D eigenvalue weighted by Gasteiger charge is -2.45. The Hall–Kier alpha value is -1.43. The summed E-state index contributed by atoms with van der Waals surface area (Å²) in [5.41, 5.74) is 0.772. The smallest absolute Gasteiger partial charge is 0.335 e. The monoisotopic (exact) mass is 307 g/mol. The molecule has 1 aliphatic heterocycles. The van der Waals surface area contributed by atoms with Crippen molar-refractivity contribution < 1.29 is 20.1 Å². The van der Waals surface area contributed by atoms with Crippen LogP contribution in [0.3, 0.4) is 0 Å². The molecule has 1 aromatic carbocycles. The maximum Gasteiger partial charge on any atom is 0.335 e. The number of carbonyl (C=O) groups is 1. The maximum atomic E-state index is 11.0. The largest absolute Gasteiger partial charge is 0.478 e. The van der Waals surface area contributed by atoms with Crippen LogP contribution < -0.4 is 0 Å². The minimum absolute atomic E-state index is 0.0202. The van der Waals surface area contributed by atoms with Gasteiger partial charge in [-0.3, -0.25) is 4.90 Å². The first-order valence-corrected chi connectivity index (χ1v) is 7.84. The maximum absolute atomic E-state index is 11.0. The Balaban J connectivity index is 2.10. The van der Waals surface area contributed by atoms with Crippen molar-refractivity contribution in [2.75, 3.05) is 19.7 Å². The van der Waals surface area contributed by atoms with E-state index in [2.05, 4.69) is 11.8 Å². The summed E-state index contributed by atoms with van der Waals surface area (Å²) in [4.78, 5) is 13.2. The van der Waals surface area contributed by atoms with Crippen molar-refractivity contribution in [1.82, 2.24) is 4.90 Å². The number of aliphatic hydroxyl groups is 2. The average Bonchev–Trinajstić information content (AvgIpc) is 2.51. The van der Waals surface area contributed by atoms with Crippen LogP contribution in [0.5, 0.6) is 0 Å². The molecule has 22 heavy (non-hydrogen) atoms. The quantitative estimate of drug-likeness (QED) is 0.746. The third-order valence-electron chi connectivity index (χ3n) is 4.61. The second kappa shape index (κ2) is 7.22. The van der Waals surface area contributed by atoms with Gasteiger partial charge in [0, 0.05) is 25.0 Å². The highest BCUT2D eigenvalue weighted by Gasteiger charge is 2.41. The fourth-order valence-corrected chi connectivity index (χ4v) is 3.41. The van der Waals surface area contributed by atoms with Crippen LogP contribution in [0.25, 0.3) is 0 Å². The first-order chi connectivity index (χ1) is 10.5. The van der Waals surface area contributed by atoms with Crippen molar-refractivity contribution in [2.45, 2.75) is 38.8 Å². The highest BCUT2D eigenvalue weighted by Crippen LogP contribution is 2.35. The van der Waals surface area contributed by atoms with E-state index in [9.17, 15) is 15.0 Å². The van der Waals surface area contributed by atoms with Gasteiger partial charge in [-0.25, -0.2) is 4.79 Å². The average molecular weight is 307 g/mol. The van der Waals surface area contributed by atoms with Gasteiger partial charge in [-0.2, -0.15) is 0 Å². The first-order valence-electron chi connectivity index (χ1n) is 7.84. The van der Waals surface area contributed by atoms with Crippen molar-refractivity contribution in [3.8, 4) is 0 Å². The minimum Gasteiger partial charge on any atom is -0.478 e. The van der Waals surface area contributed by atoms with Gasteiger partial charge in [0.2, 0.25) is 0 Å². The highest BCUT2D eigenvalue weighted by molar-refractivity contribution is 5.87. The number of aromatic carboxylic acids is 1. The molecule has 1 saturated heterocycles. The van der Waals surface area contributed by atoms with E-state index in [1.165, 1.54) is 0 Å². The van der Waals surface area contributed by atoms with Gasteiger partial charge in [0.15, 0.2) is 0 Å². The van der Waals surface area contributed by atoms with Crippen molar-refractivity contribution in [1.29, 1.82) is 0 Å². The summed E-state index contributed by atoms with van der Waals surface area (Å²) in [6.45, 7) is 4.06. The molecule has 0 spiro atoms. The Kier molecular flexibility index (Phi) is 5.56. The van der Waals surface area contributed by atoms with Crippen LogP contribution in [0.2, 0.25) is 0 Å². The molecule has 5 nitrogen and oxygen atoms in total. The Morgan fingerprint density at radius 3 is 2.86 bits per heavy atom. The van der Waals surface area contributed by atoms with Gasteiger partial charge in [0.25, 0.3) is 0 Å². The molecule has 0 bridgehead atoms. The van der Waals surface area contributed by atoms with Crippen molar-refractivity contribution in [2.24, 2.45) is 5.41 Å². The van der Waals surface area contributed by atoms with Gasteiger partial charge < -0.3 is 15.3 Å². The SMILES string of the molecule is CCC[C@@]1(CO)CN(Cc2cccc(C(=O)O)c2)CC[C@H]1O. The topological polar surface area (TPSA) is 81.0 Å². The third-order valence-corrected chi connectivity index (χ3v) is 4.61. The molecule has 1 fully saturated rings. The predicted octanol–water partition coefficient (Wildman–Crippen LogP) is 1.73. The molecule has 0 radical (unpaired) electrons. The van der Waals surface area contributed by atoms with Crippen LogP contribution in [-0.2, 0) is 6.54 Å². The second-order valence-electron chi connectivity index (χ2n) is 6.29. The van der Waals surface area contributed by atoms with E-state index in [0.717, 1.165) is 24.9 Å². The number of likely N-dealkylation sites (tertiary alicyclic amines) is 1. The molecule has 1 aliphatic rings. The summed E-state index contributed by atoms with van der Waals surface area (Å²) in [5.74, 6) is -0.924. The Morgan fingerprint density at radius 2 is 2.23 bits per heavy atom. The van der Waals surface area contributed by atoms with Crippen LogP contribution in [0, 0.1) is 5.41 Å². The number of benzene rings is 1. The van der Waals surface area contributed by atoms with E-state index in [0.29, 0.717) is 19.5 Å². The lowest BCUT2D eigenvalue weighted by molar-refractivity contribution is -0.0819. The van der Waals surface area contributed by atoms with Crippen LogP contribution >= 0.6 is 0 Å². The molecular weight excluding hydrogens is 282 g/mol. The standard InChI is InChI=1S/C17H25NO4/c1-2-7-17(12-19)11-18(8-6-15(17)20)10-13-4-3-5-14(9-13)16(21)22/h3-5,9,15,19-20H,2,6-8,10-12H2,1H3,(H,21,22)/t15-,17+/m1/s1. The van der Waals surface area contributed by atoms with Crippen LogP contribution in [0.15, 0.2) is 24.3 Å². The Morgan fingerprint density at radius 1 is 1.45 bits per heavy atom. The van der Waals surface area contributed by atoms with E-state index < -0.39 is 17.5 Å². The summed E-state index contributed by atoms with van der Waals surface area (Å²) in [7, 11) is 0. The van der Waals surface area contributed by atoms with Crippen molar-refractivity contribution in [3.63, 3.8) is 0 Å². The molecule has 0 unspecified atom stereocenters. The number of hydrogen-bond donors (Lipinski definition) is 3. The zero-order chi connectivity index (χ0) is 16.2. The molecule has 0 amide bonds. The fourth-order valence-electron chi connectivity index (χ4n) is 3.41. The van der Waals surface area contributed by atoms with E-state index in [-0.39, 0.29) is 12.2 Å². The molecule has 0 aliphatic carbocycles. The lowest BCUT2D eigenvalue weighted by atomic mass is 9.74. The zero-order valence-corrected chi connectivity index (χ0v) is 13.0. The molecule has 5 heteroatoms. The van der Waals surface area contributed by atoms with E-state index in [4.69, 9.17) is 5.11 Å². The van der Waals surface area contributed by atoms with E-state index >= 15 is 0 Å². The van der Waals surface area contributed by atoms with Gasteiger partial charge in [0.1, 0.15) is 0 Å². The fraction of sp³-hybridized carbons (Fsp3) is 0.588. The summed E-state index contributed by atoms with van der Waals surface area (Å²) >= 11 is 0. The zero-order valence-electron chi connectivity index (χ0n) is 13.0. The molecule has 2 atom stereocenters. The van der Waals surface area contributed by atoms with Crippen LogP contribution in [-0.4, -0.2) is 52.0 Å². The molecule has 1 aromatic rings. The number of piperidine rings is 1. The number of carboxylic acid groups (broad SMARTS) is 1. The summed E-state index contributed by atoms with van der Waals surface area (Å²) in [5, 5.41) is 29.1. The lowest BCUT2D eigenvalue weighted by Crippen LogP contribution is -2.53. The number of carboxylic acids is 1. The van der Waals surface area contributed by atoms with E-state index in [1.807, 2.05) is 6.07 Å². The van der Waals surface area contributed by atoms with Gasteiger partial charge in [0.05, 0.1) is 18.3 Å². The van der Waals surface area contributed by atoms with Crippen molar-refractivity contribution in [3.05, 3.63) is 35.4 Å². The van der Waals surface area contributed by atoms with Gasteiger partial charge in [-0.05, 0) is 30.5 Å². The number of rotatable bonds is 6. The van der Waals surface area contributed by atoms with Crippen molar-refractivity contribution >= 4 is 5.97 Å². The Bertz CT molecular complexity index is 519. The molecule has 122 valence electrons. The summed E-state index contributed by atoms with van der Waals surface area (Å²) < 4.78 is 0. The Labute approximate surface area is 131 Å². The van der Waals surface area contributed by atoms with Gasteiger partial charge in [-0.1, -0.05) is 25.5 Å². The number of hydrogen-bond acceptors (Lipinski definition) is 4. The van der Waals surface area contributed by atoms with Gasteiger partial charge in [-0.15, -0.1) is 0 Å². The van der Waals surface area contributed by atoms with E-state index in [1.54, 1.807) is 18.2 Å². The highest BCUT2D eigenvalue weighted by atomic mass is 16.4. The second-order valence-corrected chi connectivity index (χ2v) is 6.29. The van der Waals surface area contributed by atoms with Crippen LogP contribution in [0.1, 0.15) is 42.1 Å². The summed E-state index contributed by atoms with van der Waals surface area (Å²) in [6, 6.07) is 6.94. The number of aliphatic hydroxyl groups excluding tert-OH is 2. The number of nitrogens with zero attached hydrogens (tertiary/aromatic N) is 1. The molecule has 2 rings (SSSR count). The molecule has 3 N–H and O–H groups in total. The molecule has 1 heterocycles. The normalized spacial score (nSPS) is 26.0. The van der Waals surface area contributed by atoms with Crippen LogP contribution in [0.4, 0.5) is 0 Å². The molecule has 0 aromatic heterocycles. The first kappa shape index (κ1) is 16.9. The van der Waals surface area contributed by atoms with Gasteiger partial charge >= 0.3 is 5.97 Å². The third kappa shape index (κ3) is 3.66. The molecule has 0 saturated carbocycles. The minimum atomic E-state index is -0.924. The molecular formula is C17H25NO4. The summed E-state index contributed by atoms with van der Waals surface area (Å²) in [6.07, 6.45) is 1.87.